The van der Waals surface area contributed by atoms with Crippen LogP contribution < -0.4 is 10.9 Å². The molecule has 4 nitrogen and oxygen atoms in total. The molecule has 1 aromatic heterocycles. The SMILES string of the molecule is Cn1ncc(NC2(C)CCCC2)c(Cl)c1=O. The highest BCUT2D eigenvalue weighted by Crippen LogP contribution is 2.33. The number of aryl methyl sites for hydroxylation is 1. The average molecular weight is 242 g/mol. The molecule has 1 fully saturated rings. The van der Waals surface area contributed by atoms with E-state index in [0.717, 1.165) is 12.8 Å². The molecule has 0 radical (unpaired) electrons. The maximum atomic E-state index is 11.6. The Balaban J connectivity index is 2.28. The van der Waals surface area contributed by atoms with Gasteiger partial charge in [0.05, 0.1) is 11.9 Å². The zero-order valence-corrected chi connectivity index (χ0v) is 10.3. The predicted octanol–water partition coefficient (Wildman–Crippen LogP) is 2.18. The fourth-order valence-electron chi connectivity index (χ4n) is 2.20. The largest absolute Gasteiger partial charge is 0.377 e. The Kier molecular flexibility index (Phi) is 2.93. The van der Waals surface area contributed by atoms with E-state index in [1.54, 1.807) is 13.2 Å². The number of hydrogen-bond donors (Lipinski definition) is 1. The third-order valence-electron chi connectivity index (χ3n) is 3.22. The lowest BCUT2D eigenvalue weighted by Gasteiger charge is -2.26. The molecule has 1 heterocycles. The molecule has 0 aliphatic heterocycles. The highest BCUT2D eigenvalue weighted by molar-refractivity contribution is 6.32. The van der Waals surface area contributed by atoms with Crippen molar-refractivity contribution in [2.75, 3.05) is 5.32 Å². The van der Waals surface area contributed by atoms with E-state index in [2.05, 4.69) is 17.3 Å². The number of rotatable bonds is 2. The number of nitrogens with zero attached hydrogens (tertiary/aromatic N) is 2. The molecule has 5 heteroatoms. The van der Waals surface area contributed by atoms with Crippen molar-refractivity contribution in [3.05, 3.63) is 21.6 Å². The summed E-state index contributed by atoms with van der Waals surface area (Å²) in [5, 5.41) is 7.54. The first-order valence-electron chi connectivity index (χ1n) is 5.52. The summed E-state index contributed by atoms with van der Waals surface area (Å²) in [5.74, 6) is 0. The molecule has 0 amide bonds. The Bertz CT molecular complexity index is 449. The minimum atomic E-state index is -0.256. The Morgan fingerprint density at radius 1 is 1.50 bits per heavy atom. The molecule has 16 heavy (non-hydrogen) atoms. The summed E-state index contributed by atoms with van der Waals surface area (Å²) in [4.78, 5) is 11.6. The summed E-state index contributed by atoms with van der Waals surface area (Å²) >= 11 is 6.00. The van der Waals surface area contributed by atoms with Crippen molar-refractivity contribution in [3.8, 4) is 0 Å². The lowest BCUT2D eigenvalue weighted by molar-refractivity contribution is 0.532. The predicted molar refractivity (Wildman–Crippen MR) is 65.0 cm³/mol. The molecule has 0 spiro atoms. The van der Waals surface area contributed by atoms with Crippen LogP contribution in [0.2, 0.25) is 5.02 Å². The highest BCUT2D eigenvalue weighted by Gasteiger charge is 2.29. The Morgan fingerprint density at radius 3 is 2.75 bits per heavy atom. The molecular weight excluding hydrogens is 226 g/mol. The molecule has 0 bridgehead atoms. The van der Waals surface area contributed by atoms with Gasteiger partial charge in [-0.2, -0.15) is 5.10 Å². The Labute approximate surface area is 99.6 Å². The Hall–Kier alpha value is -1.03. The van der Waals surface area contributed by atoms with E-state index in [0.29, 0.717) is 5.69 Å². The second-order valence-corrected chi connectivity index (χ2v) is 5.07. The van der Waals surface area contributed by atoms with Gasteiger partial charge in [0.2, 0.25) is 0 Å². The fourth-order valence-corrected chi connectivity index (χ4v) is 2.42. The van der Waals surface area contributed by atoms with Crippen molar-refractivity contribution in [2.24, 2.45) is 7.05 Å². The van der Waals surface area contributed by atoms with Gasteiger partial charge >= 0.3 is 0 Å². The van der Waals surface area contributed by atoms with Crippen LogP contribution in [-0.2, 0) is 7.05 Å². The maximum Gasteiger partial charge on any atom is 0.287 e. The molecule has 0 unspecified atom stereocenters. The van der Waals surface area contributed by atoms with Gasteiger partial charge in [-0.25, -0.2) is 4.68 Å². The summed E-state index contributed by atoms with van der Waals surface area (Å²) in [6, 6.07) is 0. The van der Waals surface area contributed by atoms with E-state index in [1.807, 2.05) is 0 Å². The van der Waals surface area contributed by atoms with Crippen LogP contribution in [0.1, 0.15) is 32.6 Å². The molecule has 0 saturated heterocycles. The molecule has 2 rings (SSSR count). The molecule has 1 saturated carbocycles. The van der Waals surface area contributed by atoms with Gasteiger partial charge in [-0.15, -0.1) is 0 Å². The summed E-state index contributed by atoms with van der Waals surface area (Å²) in [6.45, 7) is 2.16. The highest BCUT2D eigenvalue weighted by atomic mass is 35.5. The summed E-state index contributed by atoms with van der Waals surface area (Å²) < 4.78 is 1.24. The molecule has 88 valence electrons. The van der Waals surface area contributed by atoms with Crippen molar-refractivity contribution < 1.29 is 0 Å². The van der Waals surface area contributed by atoms with Crippen LogP contribution in [0.25, 0.3) is 0 Å². The van der Waals surface area contributed by atoms with E-state index < -0.39 is 0 Å². The second-order valence-electron chi connectivity index (χ2n) is 4.69. The standard InChI is InChI=1S/C11H16ClN3O/c1-11(5-3-4-6-11)14-8-7-13-15(2)10(16)9(8)12/h7,14H,3-6H2,1-2H3. The topological polar surface area (TPSA) is 46.9 Å². The van der Waals surface area contributed by atoms with Gasteiger partial charge in [0, 0.05) is 12.6 Å². The van der Waals surface area contributed by atoms with E-state index in [-0.39, 0.29) is 16.1 Å². The van der Waals surface area contributed by atoms with Gasteiger partial charge in [0.25, 0.3) is 5.56 Å². The number of hydrogen-bond acceptors (Lipinski definition) is 3. The van der Waals surface area contributed by atoms with Crippen LogP contribution in [0.15, 0.2) is 11.0 Å². The van der Waals surface area contributed by atoms with Crippen molar-refractivity contribution >= 4 is 17.3 Å². The third-order valence-corrected chi connectivity index (χ3v) is 3.59. The molecule has 0 aromatic carbocycles. The normalized spacial score (nSPS) is 18.7. The minimum absolute atomic E-state index is 0.0533. The van der Waals surface area contributed by atoms with Crippen LogP contribution >= 0.6 is 11.6 Å². The lowest BCUT2D eigenvalue weighted by Crippen LogP contribution is -2.32. The molecule has 1 aromatic rings. The van der Waals surface area contributed by atoms with E-state index >= 15 is 0 Å². The first-order chi connectivity index (χ1) is 7.52. The first kappa shape index (κ1) is 11.5. The molecule has 1 N–H and O–H groups in total. The molecule has 1 aliphatic carbocycles. The lowest BCUT2D eigenvalue weighted by atomic mass is 10.0. The maximum absolute atomic E-state index is 11.6. The van der Waals surface area contributed by atoms with Gasteiger partial charge < -0.3 is 5.32 Å². The number of nitrogens with one attached hydrogen (secondary N) is 1. The van der Waals surface area contributed by atoms with E-state index in [1.165, 1.54) is 17.5 Å². The third kappa shape index (κ3) is 2.07. The van der Waals surface area contributed by atoms with Crippen LogP contribution in [0.5, 0.6) is 0 Å². The summed E-state index contributed by atoms with van der Waals surface area (Å²) in [7, 11) is 1.59. The zero-order chi connectivity index (χ0) is 11.8. The van der Waals surface area contributed by atoms with Crippen molar-refractivity contribution in [3.63, 3.8) is 0 Å². The van der Waals surface area contributed by atoms with Crippen LogP contribution in [-0.4, -0.2) is 15.3 Å². The van der Waals surface area contributed by atoms with Crippen LogP contribution in [0.4, 0.5) is 5.69 Å². The smallest absolute Gasteiger partial charge is 0.287 e. The number of anilines is 1. The summed E-state index contributed by atoms with van der Waals surface area (Å²) in [6.07, 6.45) is 6.28. The van der Waals surface area contributed by atoms with Crippen LogP contribution in [0, 0.1) is 0 Å². The summed E-state index contributed by atoms with van der Waals surface area (Å²) in [5.41, 5.74) is 0.444. The van der Waals surface area contributed by atoms with Crippen LogP contribution in [0.3, 0.4) is 0 Å². The number of halogens is 1. The molecule has 1 aliphatic rings. The quantitative estimate of drug-likeness (QED) is 0.863. The van der Waals surface area contributed by atoms with Crippen molar-refractivity contribution in [2.45, 2.75) is 38.1 Å². The van der Waals surface area contributed by atoms with Gasteiger partial charge in [0.15, 0.2) is 0 Å². The second kappa shape index (κ2) is 4.09. The van der Waals surface area contributed by atoms with Gasteiger partial charge in [0.1, 0.15) is 5.02 Å². The van der Waals surface area contributed by atoms with Crippen molar-refractivity contribution in [1.82, 2.24) is 9.78 Å². The monoisotopic (exact) mass is 241 g/mol. The zero-order valence-electron chi connectivity index (χ0n) is 9.59. The van der Waals surface area contributed by atoms with E-state index in [4.69, 9.17) is 11.6 Å². The van der Waals surface area contributed by atoms with Gasteiger partial charge in [-0.05, 0) is 19.8 Å². The first-order valence-corrected chi connectivity index (χ1v) is 5.90. The fraction of sp³-hybridized carbons (Fsp3) is 0.636. The van der Waals surface area contributed by atoms with E-state index in [9.17, 15) is 4.79 Å². The van der Waals surface area contributed by atoms with Crippen molar-refractivity contribution in [1.29, 1.82) is 0 Å². The minimum Gasteiger partial charge on any atom is -0.377 e. The van der Waals surface area contributed by atoms with Gasteiger partial charge in [-0.3, -0.25) is 4.79 Å². The average Bonchev–Trinajstić information content (AvgIpc) is 2.67. The molecular formula is C11H16ClN3O. The number of aromatic nitrogens is 2. The molecule has 0 atom stereocenters. The Morgan fingerprint density at radius 2 is 2.12 bits per heavy atom. The van der Waals surface area contributed by atoms with Gasteiger partial charge in [-0.1, -0.05) is 24.4 Å².